The number of aliphatic hydroxyl groups is 1. The van der Waals surface area contributed by atoms with Gasteiger partial charge in [-0.15, -0.1) is 0 Å². The second kappa shape index (κ2) is 8.16. The molecule has 0 heterocycles. The van der Waals surface area contributed by atoms with Gasteiger partial charge in [-0.05, 0) is 43.9 Å². The number of nitrogens with one attached hydrogen (secondary N) is 2. The molecule has 1 aromatic rings. The fraction of sp³-hybridized carbons (Fsp3) is 0.429. The average molecular weight is 280 g/mol. The molecule has 0 saturated heterocycles. The van der Waals surface area contributed by atoms with Crippen molar-refractivity contribution in [3.05, 3.63) is 23.8 Å². The first-order chi connectivity index (χ1) is 9.54. The van der Waals surface area contributed by atoms with Gasteiger partial charge in [-0.3, -0.25) is 9.59 Å². The number of hydrogen-bond acceptors (Lipinski definition) is 4. The van der Waals surface area contributed by atoms with Crippen LogP contribution >= 0.6 is 0 Å². The van der Waals surface area contributed by atoms with Crippen molar-refractivity contribution in [3.63, 3.8) is 0 Å². The Morgan fingerprint density at radius 2 is 1.90 bits per heavy atom. The summed E-state index contributed by atoms with van der Waals surface area (Å²) in [5.74, 6) is -1.64. The van der Waals surface area contributed by atoms with Gasteiger partial charge in [0.05, 0.1) is 5.69 Å². The predicted octanol–water partition coefficient (Wildman–Crippen LogP) is 0.918. The van der Waals surface area contributed by atoms with Crippen LogP contribution in [0.15, 0.2) is 18.2 Å². The molecule has 2 amide bonds. The first-order valence-corrected chi connectivity index (χ1v) is 6.54. The number of unbranched alkanes of at least 4 members (excludes halogenated alkanes) is 2. The van der Waals surface area contributed by atoms with Crippen molar-refractivity contribution >= 4 is 17.5 Å². The van der Waals surface area contributed by atoms with Crippen molar-refractivity contribution in [1.29, 1.82) is 0 Å². The fourth-order valence-corrected chi connectivity index (χ4v) is 1.62. The van der Waals surface area contributed by atoms with E-state index < -0.39 is 11.8 Å². The average Bonchev–Trinajstić information content (AvgIpc) is 2.42. The lowest BCUT2D eigenvalue weighted by atomic mass is 10.2. The predicted molar refractivity (Wildman–Crippen MR) is 75.4 cm³/mol. The largest absolute Gasteiger partial charge is 0.506 e. The van der Waals surface area contributed by atoms with Crippen LogP contribution in [0.4, 0.5) is 5.69 Å². The molecule has 0 unspecified atom stereocenters. The van der Waals surface area contributed by atoms with Crippen LogP contribution in [0.1, 0.15) is 24.8 Å². The Labute approximate surface area is 117 Å². The maximum Gasteiger partial charge on any atom is 0.313 e. The minimum Gasteiger partial charge on any atom is -0.506 e. The summed E-state index contributed by atoms with van der Waals surface area (Å²) in [5.41, 5.74) is 1.08. The zero-order valence-electron chi connectivity index (χ0n) is 11.5. The summed E-state index contributed by atoms with van der Waals surface area (Å²) in [6.07, 6.45) is 2.17. The molecule has 6 nitrogen and oxygen atoms in total. The number of aromatic hydroxyl groups is 1. The normalized spacial score (nSPS) is 10.1. The summed E-state index contributed by atoms with van der Waals surface area (Å²) in [5, 5.41) is 23.0. The van der Waals surface area contributed by atoms with Crippen LogP contribution in [0.5, 0.6) is 5.75 Å². The number of amides is 2. The van der Waals surface area contributed by atoms with E-state index in [-0.39, 0.29) is 18.0 Å². The molecule has 110 valence electrons. The molecule has 0 spiro atoms. The highest BCUT2D eigenvalue weighted by Crippen LogP contribution is 2.23. The fourth-order valence-electron chi connectivity index (χ4n) is 1.62. The topological polar surface area (TPSA) is 98.7 Å². The van der Waals surface area contributed by atoms with Gasteiger partial charge in [-0.2, -0.15) is 0 Å². The van der Waals surface area contributed by atoms with Crippen LogP contribution in [0.3, 0.4) is 0 Å². The second-order valence-electron chi connectivity index (χ2n) is 4.51. The Morgan fingerprint density at radius 3 is 2.60 bits per heavy atom. The van der Waals surface area contributed by atoms with Gasteiger partial charge in [-0.1, -0.05) is 6.07 Å². The van der Waals surface area contributed by atoms with E-state index in [4.69, 9.17) is 5.11 Å². The molecule has 0 aromatic heterocycles. The monoisotopic (exact) mass is 280 g/mol. The molecular weight excluding hydrogens is 260 g/mol. The highest BCUT2D eigenvalue weighted by Gasteiger charge is 2.14. The van der Waals surface area contributed by atoms with Gasteiger partial charge in [0.2, 0.25) is 0 Å². The van der Waals surface area contributed by atoms with Crippen molar-refractivity contribution < 1.29 is 19.8 Å². The quantitative estimate of drug-likeness (QED) is 0.354. The second-order valence-corrected chi connectivity index (χ2v) is 4.51. The molecule has 0 bridgehead atoms. The smallest absolute Gasteiger partial charge is 0.313 e. The third-order valence-electron chi connectivity index (χ3n) is 2.73. The molecule has 0 aliphatic carbocycles. The van der Waals surface area contributed by atoms with Gasteiger partial charge in [0.1, 0.15) is 5.75 Å². The number of phenols is 1. The molecule has 0 atom stereocenters. The maximum atomic E-state index is 11.6. The van der Waals surface area contributed by atoms with Gasteiger partial charge in [0, 0.05) is 13.2 Å². The van der Waals surface area contributed by atoms with Crippen molar-refractivity contribution in [3.8, 4) is 5.75 Å². The minimum absolute atomic E-state index is 0.0836. The van der Waals surface area contributed by atoms with Gasteiger partial charge in [-0.25, -0.2) is 0 Å². The summed E-state index contributed by atoms with van der Waals surface area (Å²) in [7, 11) is 0. The summed E-state index contributed by atoms with van der Waals surface area (Å²) in [6, 6.07) is 4.74. The SMILES string of the molecule is Cc1ccc(O)c(NC(=O)C(=O)NCCCCCO)c1. The maximum absolute atomic E-state index is 11.6. The number of anilines is 1. The van der Waals surface area contributed by atoms with E-state index in [0.717, 1.165) is 12.0 Å². The molecule has 0 aliphatic rings. The Bertz CT molecular complexity index is 474. The molecule has 0 radical (unpaired) electrons. The lowest BCUT2D eigenvalue weighted by Gasteiger charge is -2.08. The van der Waals surface area contributed by atoms with E-state index in [1.165, 1.54) is 6.07 Å². The van der Waals surface area contributed by atoms with Crippen LogP contribution in [0.2, 0.25) is 0 Å². The van der Waals surface area contributed by atoms with Gasteiger partial charge in [0.15, 0.2) is 0 Å². The van der Waals surface area contributed by atoms with E-state index in [0.29, 0.717) is 19.4 Å². The van der Waals surface area contributed by atoms with Gasteiger partial charge >= 0.3 is 11.8 Å². The Hall–Kier alpha value is -2.08. The molecule has 0 fully saturated rings. The molecular formula is C14H20N2O4. The highest BCUT2D eigenvalue weighted by molar-refractivity contribution is 6.39. The summed E-state index contributed by atoms with van der Waals surface area (Å²) >= 11 is 0. The number of carbonyl (C=O) groups is 2. The zero-order chi connectivity index (χ0) is 15.0. The third-order valence-corrected chi connectivity index (χ3v) is 2.73. The summed E-state index contributed by atoms with van der Waals surface area (Å²) in [4.78, 5) is 23.1. The highest BCUT2D eigenvalue weighted by atomic mass is 16.3. The molecule has 6 heteroatoms. The van der Waals surface area contributed by atoms with Crippen molar-refractivity contribution in [1.82, 2.24) is 5.32 Å². The van der Waals surface area contributed by atoms with E-state index >= 15 is 0 Å². The van der Waals surface area contributed by atoms with Crippen LogP contribution in [-0.2, 0) is 9.59 Å². The molecule has 0 aliphatic heterocycles. The summed E-state index contributed by atoms with van der Waals surface area (Å²) in [6.45, 7) is 2.32. The lowest BCUT2D eigenvalue weighted by molar-refractivity contribution is -0.136. The number of aryl methyl sites for hydroxylation is 1. The van der Waals surface area contributed by atoms with Crippen molar-refractivity contribution in [2.24, 2.45) is 0 Å². The van der Waals surface area contributed by atoms with Crippen LogP contribution in [0.25, 0.3) is 0 Å². The molecule has 1 aromatic carbocycles. The lowest BCUT2D eigenvalue weighted by Crippen LogP contribution is -2.35. The van der Waals surface area contributed by atoms with Crippen LogP contribution < -0.4 is 10.6 Å². The van der Waals surface area contributed by atoms with Crippen molar-refractivity contribution in [2.45, 2.75) is 26.2 Å². The van der Waals surface area contributed by atoms with E-state index in [1.54, 1.807) is 12.1 Å². The number of aliphatic hydroxyl groups excluding tert-OH is 1. The van der Waals surface area contributed by atoms with Crippen LogP contribution in [-0.4, -0.2) is 35.2 Å². The minimum atomic E-state index is -0.812. The Kier molecular flexibility index (Phi) is 6.52. The van der Waals surface area contributed by atoms with E-state index in [9.17, 15) is 14.7 Å². The number of rotatable bonds is 6. The Balaban J connectivity index is 2.41. The molecule has 4 N–H and O–H groups in total. The van der Waals surface area contributed by atoms with Gasteiger partial charge in [0.25, 0.3) is 0 Å². The zero-order valence-corrected chi connectivity index (χ0v) is 11.5. The molecule has 1 rings (SSSR count). The van der Waals surface area contributed by atoms with Crippen molar-refractivity contribution in [2.75, 3.05) is 18.5 Å². The number of carbonyl (C=O) groups excluding carboxylic acids is 2. The van der Waals surface area contributed by atoms with E-state index in [2.05, 4.69) is 10.6 Å². The van der Waals surface area contributed by atoms with Gasteiger partial charge < -0.3 is 20.8 Å². The number of benzene rings is 1. The first-order valence-electron chi connectivity index (χ1n) is 6.54. The number of hydrogen-bond donors (Lipinski definition) is 4. The van der Waals surface area contributed by atoms with Crippen LogP contribution in [0, 0.1) is 6.92 Å². The molecule has 0 saturated carbocycles. The molecule has 20 heavy (non-hydrogen) atoms. The Morgan fingerprint density at radius 1 is 1.15 bits per heavy atom. The summed E-state index contributed by atoms with van der Waals surface area (Å²) < 4.78 is 0. The standard InChI is InChI=1S/C14H20N2O4/c1-10-5-6-12(18)11(9-10)16-14(20)13(19)15-7-3-2-4-8-17/h5-6,9,17-18H,2-4,7-8H2,1H3,(H,15,19)(H,16,20). The van der Waals surface area contributed by atoms with E-state index in [1.807, 2.05) is 6.92 Å². The third kappa shape index (κ3) is 5.27. The first kappa shape index (κ1) is 16.0. The number of phenolic OH excluding ortho intramolecular Hbond substituents is 1.